The molecule has 0 unspecified atom stereocenters. The van der Waals surface area contributed by atoms with E-state index < -0.39 is 10.0 Å². The third kappa shape index (κ3) is 5.75. The van der Waals surface area contributed by atoms with Crippen LogP contribution in [0.15, 0.2) is 67.3 Å². The van der Waals surface area contributed by atoms with Crippen molar-refractivity contribution < 1.29 is 18.0 Å². The molecule has 1 heterocycles. The number of nitrogens with one attached hydrogen (secondary N) is 2. The Hall–Kier alpha value is -2.97. The second-order valence-electron chi connectivity index (χ2n) is 6.89. The van der Waals surface area contributed by atoms with E-state index in [-0.39, 0.29) is 43.1 Å². The van der Waals surface area contributed by atoms with Gasteiger partial charge in [0, 0.05) is 18.8 Å². The van der Waals surface area contributed by atoms with Crippen LogP contribution in [0.1, 0.15) is 11.1 Å². The lowest BCUT2D eigenvalue weighted by Gasteiger charge is -2.38. The van der Waals surface area contributed by atoms with E-state index in [4.69, 9.17) is 0 Å². The zero-order valence-electron chi connectivity index (χ0n) is 15.9. The van der Waals surface area contributed by atoms with Gasteiger partial charge in [0.05, 0.1) is 18.2 Å². The fraction of sp³-hybridized carbons (Fsp3) is 0.238. The van der Waals surface area contributed by atoms with Crippen molar-refractivity contribution in [3.8, 4) is 0 Å². The fourth-order valence-electron chi connectivity index (χ4n) is 2.99. The molecule has 1 saturated heterocycles. The Morgan fingerprint density at radius 3 is 2.31 bits per heavy atom. The lowest BCUT2D eigenvalue weighted by Crippen LogP contribution is -2.60. The lowest BCUT2D eigenvalue weighted by molar-refractivity contribution is -0.118. The van der Waals surface area contributed by atoms with Crippen LogP contribution >= 0.6 is 0 Å². The molecule has 2 aromatic carbocycles. The minimum Gasteiger partial charge on any atom is -0.347 e. The number of amides is 2. The maximum absolute atomic E-state index is 12.5. The number of sulfonamides is 1. The topological polar surface area (TPSA) is 95.6 Å². The molecular weight excluding hydrogens is 390 g/mol. The van der Waals surface area contributed by atoms with Gasteiger partial charge in [-0.15, -0.1) is 0 Å². The van der Waals surface area contributed by atoms with Crippen LogP contribution in [-0.4, -0.2) is 43.7 Å². The maximum atomic E-state index is 12.5. The van der Waals surface area contributed by atoms with Crippen LogP contribution in [0.25, 0.3) is 0 Å². The van der Waals surface area contributed by atoms with Crippen LogP contribution in [0.2, 0.25) is 0 Å². The zero-order valence-corrected chi connectivity index (χ0v) is 16.7. The molecule has 0 spiro atoms. The molecule has 0 aromatic heterocycles. The highest BCUT2D eigenvalue weighted by molar-refractivity contribution is 7.88. The van der Waals surface area contributed by atoms with Crippen LogP contribution in [-0.2, 0) is 31.8 Å². The van der Waals surface area contributed by atoms with Gasteiger partial charge in [-0.1, -0.05) is 49.0 Å². The van der Waals surface area contributed by atoms with Crippen molar-refractivity contribution in [1.82, 2.24) is 9.62 Å². The van der Waals surface area contributed by atoms with E-state index in [1.807, 2.05) is 30.3 Å². The zero-order chi connectivity index (χ0) is 20.9. The molecule has 1 aliphatic rings. The molecule has 7 nitrogen and oxygen atoms in total. The molecular formula is C21H23N3O4S. The third-order valence-corrected chi connectivity index (χ3v) is 6.35. The van der Waals surface area contributed by atoms with E-state index >= 15 is 0 Å². The molecule has 2 aromatic rings. The number of benzene rings is 2. The number of carbonyl (C=O) groups excluding carboxylic acids is 2. The maximum Gasteiger partial charge on any atom is 0.243 e. The van der Waals surface area contributed by atoms with Gasteiger partial charge < -0.3 is 10.6 Å². The molecule has 0 aliphatic carbocycles. The Balaban J connectivity index is 1.50. The van der Waals surface area contributed by atoms with Gasteiger partial charge in [-0.05, 0) is 29.3 Å². The Labute approximate surface area is 170 Å². The largest absolute Gasteiger partial charge is 0.347 e. The Morgan fingerprint density at radius 1 is 1.03 bits per heavy atom. The normalized spacial score (nSPS) is 14.6. The Morgan fingerprint density at radius 2 is 1.69 bits per heavy atom. The smallest absolute Gasteiger partial charge is 0.243 e. The van der Waals surface area contributed by atoms with Gasteiger partial charge in [0.2, 0.25) is 21.8 Å². The van der Waals surface area contributed by atoms with Crippen molar-refractivity contribution in [2.75, 3.05) is 18.4 Å². The summed E-state index contributed by atoms with van der Waals surface area (Å²) in [4.78, 5) is 23.4. The summed E-state index contributed by atoms with van der Waals surface area (Å²) in [6, 6.07) is 16.0. The molecule has 3 rings (SSSR count). The summed E-state index contributed by atoms with van der Waals surface area (Å²) in [7, 11) is -3.46. The van der Waals surface area contributed by atoms with Crippen LogP contribution in [0, 0.1) is 0 Å². The first-order valence-corrected chi connectivity index (χ1v) is 10.8. The first-order valence-electron chi connectivity index (χ1n) is 9.19. The van der Waals surface area contributed by atoms with Crippen molar-refractivity contribution in [1.29, 1.82) is 0 Å². The summed E-state index contributed by atoms with van der Waals surface area (Å²) in [6.07, 6.45) is 1.44. The average molecular weight is 413 g/mol. The molecule has 0 atom stereocenters. The highest BCUT2D eigenvalue weighted by atomic mass is 32.2. The second kappa shape index (κ2) is 9.02. The molecule has 2 N–H and O–H groups in total. The minimum atomic E-state index is -3.46. The first-order chi connectivity index (χ1) is 13.9. The summed E-state index contributed by atoms with van der Waals surface area (Å²) < 4.78 is 26.3. The van der Waals surface area contributed by atoms with Gasteiger partial charge in [0.25, 0.3) is 0 Å². The van der Waals surface area contributed by atoms with Gasteiger partial charge in [0.1, 0.15) is 0 Å². The van der Waals surface area contributed by atoms with Gasteiger partial charge in [-0.3, -0.25) is 9.59 Å². The van der Waals surface area contributed by atoms with Gasteiger partial charge >= 0.3 is 0 Å². The van der Waals surface area contributed by atoms with Crippen LogP contribution < -0.4 is 10.6 Å². The van der Waals surface area contributed by atoms with E-state index in [2.05, 4.69) is 17.2 Å². The predicted octanol–water partition coefficient (Wildman–Crippen LogP) is 1.68. The molecule has 1 fully saturated rings. The summed E-state index contributed by atoms with van der Waals surface area (Å²) in [5.74, 6) is -0.574. The monoisotopic (exact) mass is 413 g/mol. The van der Waals surface area contributed by atoms with Gasteiger partial charge in [0.15, 0.2) is 0 Å². The van der Waals surface area contributed by atoms with E-state index in [0.717, 1.165) is 11.6 Å². The highest BCUT2D eigenvalue weighted by Crippen LogP contribution is 2.19. The summed E-state index contributed by atoms with van der Waals surface area (Å²) in [5.41, 5.74) is 2.16. The number of hydrogen-bond donors (Lipinski definition) is 2. The van der Waals surface area contributed by atoms with Crippen molar-refractivity contribution >= 4 is 27.5 Å². The van der Waals surface area contributed by atoms with Crippen molar-refractivity contribution in [2.24, 2.45) is 0 Å². The van der Waals surface area contributed by atoms with E-state index in [1.54, 1.807) is 24.3 Å². The molecule has 0 bridgehead atoms. The Kier molecular flexibility index (Phi) is 6.46. The van der Waals surface area contributed by atoms with E-state index in [1.165, 1.54) is 4.31 Å². The predicted molar refractivity (Wildman–Crippen MR) is 112 cm³/mol. The number of hydrogen-bond acceptors (Lipinski definition) is 4. The fourth-order valence-corrected chi connectivity index (χ4v) is 4.60. The number of carbonyl (C=O) groups is 2. The molecule has 8 heteroatoms. The standard InChI is InChI=1S/C21H23N3O4S/c1-2-20(25)23-19-13-24(14-19)29(27,28)15-17-8-10-18(11-9-17)22-21(26)12-16-6-4-3-5-7-16/h2-11,19H,1,12-15H2,(H,22,26)(H,23,25). The average Bonchev–Trinajstić information content (AvgIpc) is 2.66. The summed E-state index contributed by atoms with van der Waals surface area (Å²) in [5, 5.41) is 5.48. The number of rotatable bonds is 8. The van der Waals surface area contributed by atoms with Crippen molar-refractivity contribution in [2.45, 2.75) is 18.2 Å². The lowest BCUT2D eigenvalue weighted by atomic mass is 10.1. The van der Waals surface area contributed by atoms with Crippen LogP contribution in [0.3, 0.4) is 0 Å². The summed E-state index contributed by atoms with van der Waals surface area (Å²) in [6.45, 7) is 3.89. The molecule has 0 saturated carbocycles. The van der Waals surface area contributed by atoms with Crippen molar-refractivity contribution in [3.05, 3.63) is 78.4 Å². The first kappa shape index (κ1) is 20.8. The van der Waals surface area contributed by atoms with Gasteiger partial charge in [-0.2, -0.15) is 4.31 Å². The SMILES string of the molecule is C=CC(=O)NC1CN(S(=O)(=O)Cc2ccc(NC(=O)Cc3ccccc3)cc2)C1. The quantitative estimate of drug-likeness (QED) is 0.644. The summed E-state index contributed by atoms with van der Waals surface area (Å²) >= 11 is 0. The van der Waals surface area contributed by atoms with Gasteiger partial charge in [-0.25, -0.2) is 8.42 Å². The van der Waals surface area contributed by atoms with E-state index in [9.17, 15) is 18.0 Å². The van der Waals surface area contributed by atoms with E-state index in [0.29, 0.717) is 11.3 Å². The minimum absolute atomic E-state index is 0.132. The highest BCUT2D eigenvalue weighted by Gasteiger charge is 2.36. The second-order valence-corrected chi connectivity index (χ2v) is 8.86. The molecule has 152 valence electrons. The number of anilines is 1. The van der Waals surface area contributed by atoms with Crippen LogP contribution in [0.5, 0.6) is 0 Å². The molecule has 0 radical (unpaired) electrons. The van der Waals surface area contributed by atoms with Crippen LogP contribution in [0.4, 0.5) is 5.69 Å². The third-order valence-electron chi connectivity index (χ3n) is 4.57. The Bertz CT molecular complexity index is 982. The molecule has 29 heavy (non-hydrogen) atoms. The number of nitrogens with zero attached hydrogens (tertiary/aromatic N) is 1. The molecule has 1 aliphatic heterocycles. The molecule has 2 amide bonds. The van der Waals surface area contributed by atoms with Crippen molar-refractivity contribution in [3.63, 3.8) is 0 Å².